The third-order valence-corrected chi connectivity index (χ3v) is 9.28. The Morgan fingerprint density at radius 1 is 1.28 bits per heavy atom. The number of carbonyl (C=O) groups excluding carboxylic acids is 2. The molecule has 0 spiro atoms. The fraction of sp³-hybridized carbons (Fsp3) is 0.591. The first-order chi connectivity index (χ1) is 13.3. The van der Waals surface area contributed by atoms with Gasteiger partial charge in [-0.05, 0) is 55.2 Å². The van der Waals surface area contributed by atoms with Crippen molar-refractivity contribution < 1.29 is 29.7 Å². The summed E-state index contributed by atoms with van der Waals surface area (Å²) in [4.78, 5) is 34.7. The number of halogens is 1. The summed E-state index contributed by atoms with van der Waals surface area (Å²) in [5.41, 5.74) is -3.18. The van der Waals surface area contributed by atoms with Gasteiger partial charge in [-0.2, -0.15) is 0 Å². The number of aliphatic carboxylic acids is 1. The maximum absolute atomic E-state index is 12.5. The van der Waals surface area contributed by atoms with Crippen molar-refractivity contribution in [1.82, 2.24) is 0 Å². The predicted octanol–water partition coefficient (Wildman–Crippen LogP) is 2.18. The van der Waals surface area contributed by atoms with Crippen LogP contribution in [0.25, 0.3) is 0 Å². The topological polar surface area (TPSA) is 112 Å². The Balaban J connectivity index is 1.85. The third kappa shape index (κ3) is 2.17. The summed E-state index contributed by atoms with van der Waals surface area (Å²) in [6.07, 6.45) is 5.06. The lowest BCUT2D eigenvalue weighted by Gasteiger charge is -2.63. The minimum atomic E-state index is -2.25. The van der Waals surface area contributed by atoms with Gasteiger partial charge < -0.3 is 15.3 Å². The number of carboxylic acid groups (broad SMARTS) is 1. The van der Waals surface area contributed by atoms with Gasteiger partial charge in [-0.15, -0.1) is 11.6 Å². The van der Waals surface area contributed by atoms with E-state index >= 15 is 0 Å². The van der Waals surface area contributed by atoms with Gasteiger partial charge in [0.05, 0.1) is 11.0 Å². The smallest absolute Gasteiger partial charge is 0.375 e. The second kappa shape index (κ2) is 5.90. The molecule has 0 aliphatic heterocycles. The maximum Gasteiger partial charge on any atom is 0.375 e. The zero-order valence-corrected chi connectivity index (χ0v) is 17.2. The number of carboxylic acids is 1. The summed E-state index contributed by atoms with van der Waals surface area (Å²) in [7, 11) is 0. The van der Waals surface area contributed by atoms with Gasteiger partial charge in [0.1, 0.15) is 0 Å². The molecule has 0 aromatic carbocycles. The molecule has 0 bridgehead atoms. The zero-order chi connectivity index (χ0) is 21.6. The van der Waals surface area contributed by atoms with E-state index in [1.165, 1.54) is 6.08 Å². The van der Waals surface area contributed by atoms with E-state index in [1.54, 1.807) is 19.1 Å². The van der Waals surface area contributed by atoms with Crippen LogP contribution in [0.3, 0.4) is 0 Å². The molecular formula is C22H25ClO6. The summed E-state index contributed by atoms with van der Waals surface area (Å²) in [6.45, 7) is 7.41. The molecule has 6 nitrogen and oxygen atoms in total. The minimum Gasteiger partial charge on any atom is -0.475 e. The maximum atomic E-state index is 12.5. The summed E-state index contributed by atoms with van der Waals surface area (Å²) < 4.78 is 0. The molecule has 3 fully saturated rings. The number of ketones is 2. The van der Waals surface area contributed by atoms with Gasteiger partial charge in [-0.1, -0.05) is 32.1 Å². The number of aliphatic hydroxyl groups excluding tert-OH is 1. The molecule has 0 aromatic heterocycles. The lowest BCUT2D eigenvalue weighted by molar-refractivity contribution is -0.175. The fourth-order valence-electron chi connectivity index (χ4n) is 6.75. The van der Waals surface area contributed by atoms with Gasteiger partial charge in [0.25, 0.3) is 5.78 Å². The van der Waals surface area contributed by atoms with E-state index in [0.29, 0.717) is 12.8 Å². The normalized spacial score (nSPS) is 48.4. The molecule has 0 amide bonds. The zero-order valence-electron chi connectivity index (χ0n) is 16.4. The first-order valence-electron chi connectivity index (χ1n) is 9.83. The molecule has 0 saturated heterocycles. The standard InChI is InChI=1S/C22H25ClO6/c1-11-8-15-14-5-4-12-9-13(24)6-7-19(12,2)21(14,23)16(25)10-20(15,3)22(11,29)17(26)18(27)28/h6-7,9,14-16,25,29H,1,4-5,8,10H2,2-3H3,(H,27,28)/t14-,15-,16?,19-,20-,21-,22-/m0/s1. The number of hydrogen-bond donors (Lipinski definition) is 3. The molecule has 3 N–H and O–H groups in total. The monoisotopic (exact) mass is 420 g/mol. The van der Waals surface area contributed by atoms with Crippen LogP contribution in [0.2, 0.25) is 0 Å². The Morgan fingerprint density at radius 2 is 1.93 bits per heavy atom. The predicted molar refractivity (Wildman–Crippen MR) is 105 cm³/mol. The first kappa shape index (κ1) is 20.5. The van der Waals surface area contributed by atoms with Gasteiger partial charge in [0.15, 0.2) is 11.4 Å². The van der Waals surface area contributed by atoms with Crippen LogP contribution in [-0.4, -0.2) is 49.4 Å². The van der Waals surface area contributed by atoms with E-state index in [-0.39, 0.29) is 36.0 Å². The van der Waals surface area contributed by atoms with Crippen molar-refractivity contribution in [1.29, 1.82) is 0 Å². The minimum absolute atomic E-state index is 0.0448. The number of allylic oxidation sites excluding steroid dienone is 4. The van der Waals surface area contributed by atoms with Gasteiger partial charge in [0.2, 0.25) is 0 Å². The van der Waals surface area contributed by atoms with Crippen LogP contribution in [-0.2, 0) is 14.4 Å². The van der Waals surface area contributed by atoms with Crippen LogP contribution in [0, 0.1) is 22.7 Å². The summed E-state index contributed by atoms with van der Waals surface area (Å²) >= 11 is 7.24. The average Bonchev–Trinajstić information content (AvgIpc) is 2.84. The molecule has 0 heterocycles. The largest absolute Gasteiger partial charge is 0.475 e. The molecular weight excluding hydrogens is 396 g/mol. The second-order valence-corrected chi connectivity index (χ2v) is 10.0. The highest BCUT2D eigenvalue weighted by atomic mass is 35.5. The Bertz CT molecular complexity index is 920. The second-order valence-electron chi connectivity index (χ2n) is 9.42. The van der Waals surface area contributed by atoms with Crippen LogP contribution in [0.1, 0.15) is 39.5 Å². The van der Waals surface area contributed by atoms with E-state index in [4.69, 9.17) is 11.6 Å². The van der Waals surface area contributed by atoms with Gasteiger partial charge in [-0.3, -0.25) is 9.59 Å². The van der Waals surface area contributed by atoms with Gasteiger partial charge in [0, 0.05) is 10.8 Å². The third-order valence-electron chi connectivity index (χ3n) is 8.36. The summed E-state index contributed by atoms with van der Waals surface area (Å²) in [6, 6.07) is 0. The highest BCUT2D eigenvalue weighted by Crippen LogP contribution is 2.71. The number of rotatable bonds is 2. The SMILES string of the molecule is C=C1C[C@H]2[C@@H]3CCC4=CC(=O)C=C[C@]4(C)[C@@]3(Cl)C(O)C[C@]2(C)[C@@]1(O)C(=O)C(=O)O. The van der Waals surface area contributed by atoms with Crippen molar-refractivity contribution >= 4 is 29.1 Å². The molecule has 0 radical (unpaired) electrons. The molecule has 0 aromatic rings. The van der Waals surface area contributed by atoms with Crippen molar-refractivity contribution in [3.63, 3.8) is 0 Å². The molecule has 156 valence electrons. The Labute approximate surface area is 173 Å². The summed E-state index contributed by atoms with van der Waals surface area (Å²) in [5.74, 6) is -3.77. The van der Waals surface area contributed by atoms with Crippen molar-refractivity contribution in [3.05, 3.63) is 36.0 Å². The van der Waals surface area contributed by atoms with Crippen molar-refractivity contribution in [3.8, 4) is 0 Å². The number of fused-ring (bicyclic) bond motifs is 5. The molecule has 7 atom stereocenters. The lowest BCUT2D eigenvalue weighted by atomic mass is 9.45. The van der Waals surface area contributed by atoms with E-state index in [9.17, 15) is 29.7 Å². The molecule has 7 heteroatoms. The van der Waals surface area contributed by atoms with Crippen molar-refractivity contribution in [2.75, 3.05) is 0 Å². The number of alkyl halides is 1. The van der Waals surface area contributed by atoms with E-state index in [0.717, 1.165) is 5.57 Å². The number of carbonyl (C=O) groups is 3. The molecule has 29 heavy (non-hydrogen) atoms. The van der Waals surface area contributed by atoms with E-state index in [1.807, 2.05) is 6.92 Å². The fourth-order valence-corrected chi connectivity index (χ4v) is 7.27. The summed E-state index contributed by atoms with van der Waals surface area (Å²) in [5, 5.41) is 31.9. The average molecular weight is 421 g/mol. The van der Waals surface area contributed by atoms with E-state index in [2.05, 4.69) is 6.58 Å². The van der Waals surface area contributed by atoms with E-state index < -0.39 is 39.2 Å². The first-order valence-corrected chi connectivity index (χ1v) is 10.2. The molecule has 4 aliphatic carbocycles. The molecule has 1 unspecified atom stereocenters. The van der Waals surface area contributed by atoms with Gasteiger partial charge in [-0.25, -0.2) is 4.79 Å². The Kier molecular flexibility index (Phi) is 4.17. The van der Waals surface area contributed by atoms with Gasteiger partial charge >= 0.3 is 5.97 Å². The van der Waals surface area contributed by atoms with Crippen molar-refractivity contribution in [2.24, 2.45) is 22.7 Å². The highest BCUT2D eigenvalue weighted by Gasteiger charge is 2.74. The lowest BCUT2D eigenvalue weighted by Crippen LogP contribution is -2.69. The molecule has 4 aliphatic rings. The number of aliphatic hydroxyl groups is 2. The molecule has 4 rings (SSSR count). The van der Waals surface area contributed by atoms with Crippen LogP contribution < -0.4 is 0 Å². The Hall–Kier alpha value is -1.76. The van der Waals surface area contributed by atoms with Crippen LogP contribution in [0.15, 0.2) is 36.0 Å². The van der Waals surface area contributed by atoms with Crippen LogP contribution in [0.4, 0.5) is 0 Å². The molecule has 3 saturated carbocycles. The van der Waals surface area contributed by atoms with Crippen LogP contribution >= 0.6 is 11.6 Å². The number of Topliss-reactive ketones (excluding diaryl/α,β-unsaturated/α-hetero) is 1. The quantitative estimate of drug-likeness (QED) is 0.358. The highest BCUT2D eigenvalue weighted by molar-refractivity contribution is 6.37. The van der Waals surface area contributed by atoms with Crippen molar-refractivity contribution in [2.45, 2.75) is 56.1 Å². The Morgan fingerprint density at radius 3 is 2.55 bits per heavy atom. The number of hydrogen-bond acceptors (Lipinski definition) is 5. The van der Waals surface area contributed by atoms with Crippen LogP contribution in [0.5, 0.6) is 0 Å².